The predicted molar refractivity (Wildman–Crippen MR) is 189 cm³/mol. The summed E-state index contributed by atoms with van der Waals surface area (Å²) in [6.45, 7) is 7.49. The van der Waals surface area contributed by atoms with Gasteiger partial charge in [-0.1, -0.05) is 30.8 Å². The molecule has 1 aliphatic rings. The summed E-state index contributed by atoms with van der Waals surface area (Å²) in [7, 11) is 0. The van der Waals surface area contributed by atoms with Crippen molar-refractivity contribution in [1.82, 2.24) is 31.5 Å². The molecule has 6 amide bonds. The van der Waals surface area contributed by atoms with E-state index in [4.69, 9.17) is 14.9 Å². The van der Waals surface area contributed by atoms with E-state index < -0.39 is 35.7 Å². The van der Waals surface area contributed by atoms with Gasteiger partial charge in [0.25, 0.3) is 0 Å². The number of carbonyl (C=O) groups excluding carboxylic acids is 6. The highest BCUT2D eigenvalue weighted by Gasteiger charge is 2.27. The number of furan rings is 1. The zero-order valence-electron chi connectivity index (χ0n) is 29.2. The minimum Gasteiger partial charge on any atom is -0.469 e. The average Bonchev–Trinajstić information content (AvgIpc) is 3.63. The number of nitrogens with two attached hydrogens (primary N) is 1. The smallest absolute Gasteiger partial charge is 0.243 e. The number of carbonyl (C=O) groups is 6. The summed E-state index contributed by atoms with van der Waals surface area (Å²) in [6, 6.07) is 8.66. The van der Waals surface area contributed by atoms with E-state index >= 15 is 0 Å². The van der Waals surface area contributed by atoms with Gasteiger partial charge >= 0.3 is 0 Å². The van der Waals surface area contributed by atoms with Crippen molar-refractivity contribution in [1.29, 1.82) is 0 Å². The summed E-state index contributed by atoms with van der Waals surface area (Å²) in [5, 5.41) is 13.8. The normalized spacial score (nSPS) is 15.2. The van der Waals surface area contributed by atoms with E-state index in [2.05, 4.69) is 33.2 Å². The van der Waals surface area contributed by atoms with Gasteiger partial charge in [0.15, 0.2) is 0 Å². The van der Waals surface area contributed by atoms with Crippen molar-refractivity contribution in [2.24, 2.45) is 11.7 Å². The van der Waals surface area contributed by atoms with Gasteiger partial charge in [-0.3, -0.25) is 28.8 Å². The molecule has 1 aromatic carbocycles. The maximum Gasteiger partial charge on any atom is 0.243 e. The van der Waals surface area contributed by atoms with E-state index in [-0.39, 0.29) is 69.7 Å². The molecular weight excluding hydrogens is 658 g/mol. The van der Waals surface area contributed by atoms with E-state index in [9.17, 15) is 28.8 Å². The minimum atomic E-state index is -0.936. The van der Waals surface area contributed by atoms with Gasteiger partial charge in [0.05, 0.1) is 25.9 Å². The van der Waals surface area contributed by atoms with Crippen molar-refractivity contribution < 1.29 is 37.9 Å². The van der Waals surface area contributed by atoms with Crippen LogP contribution in [0.1, 0.15) is 49.5 Å². The van der Waals surface area contributed by atoms with Gasteiger partial charge in [-0.05, 0) is 54.5 Å². The molecule has 0 aliphatic carbocycles. The molecule has 15 heteroatoms. The van der Waals surface area contributed by atoms with E-state index in [1.165, 1.54) is 13.2 Å². The Morgan fingerprint density at radius 3 is 2.41 bits per heavy atom. The van der Waals surface area contributed by atoms with Gasteiger partial charge in [0.2, 0.25) is 35.4 Å². The van der Waals surface area contributed by atoms with Gasteiger partial charge in [0, 0.05) is 59.0 Å². The second-order valence-corrected chi connectivity index (χ2v) is 12.3. The number of ether oxygens (including phenoxy) is 1. The molecule has 2 aromatic rings. The van der Waals surface area contributed by atoms with Gasteiger partial charge < -0.3 is 46.4 Å². The van der Waals surface area contributed by atoms with Crippen LogP contribution in [0.5, 0.6) is 0 Å². The molecule has 0 bridgehead atoms. The number of nitrogens with one attached hydrogen (secondary N) is 5. The molecule has 1 saturated heterocycles. The number of nitrogens with zero attached hydrogens (tertiary/aromatic N) is 1. The molecule has 1 aliphatic heterocycles. The highest BCUT2D eigenvalue weighted by atomic mass is 16.5. The quantitative estimate of drug-likeness (QED) is 0.0764. The van der Waals surface area contributed by atoms with Crippen LogP contribution in [0.2, 0.25) is 0 Å². The Morgan fingerprint density at radius 1 is 0.961 bits per heavy atom. The molecule has 0 unspecified atom stereocenters. The summed E-state index contributed by atoms with van der Waals surface area (Å²) in [5.41, 5.74) is 6.72. The lowest BCUT2D eigenvalue weighted by Gasteiger charge is -2.32. The van der Waals surface area contributed by atoms with Crippen LogP contribution in [0.3, 0.4) is 0 Å². The van der Waals surface area contributed by atoms with Crippen LogP contribution in [-0.4, -0.2) is 98.4 Å². The molecule has 1 aromatic heterocycles. The Kier molecular flexibility index (Phi) is 17.4. The first-order valence-electron chi connectivity index (χ1n) is 17.3. The van der Waals surface area contributed by atoms with Gasteiger partial charge in [-0.2, -0.15) is 0 Å². The molecule has 3 rings (SSSR count). The topological polar surface area (TPSA) is 214 Å². The van der Waals surface area contributed by atoms with Gasteiger partial charge in [-0.15, -0.1) is 0 Å². The van der Waals surface area contributed by atoms with Crippen molar-refractivity contribution in [2.75, 3.05) is 45.9 Å². The molecule has 1 fully saturated rings. The summed E-state index contributed by atoms with van der Waals surface area (Å²) in [5.74, 6) is -1.48. The molecule has 278 valence electrons. The fourth-order valence-corrected chi connectivity index (χ4v) is 5.73. The maximum atomic E-state index is 13.5. The number of hydrogen-bond donors (Lipinski definition) is 6. The number of rotatable bonds is 21. The summed E-state index contributed by atoms with van der Waals surface area (Å²) in [4.78, 5) is 77.9. The van der Waals surface area contributed by atoms with E-state index in [1.807, 2.05) is 0 Å². The second kappa shape index (κ2) is 21.9. The van der Waals surface area contributed by atoms with E-state index in [0.29, 0.717) is 43.1 Å². The Morgan fingerprint density at radius 2 is 1.71 bits per heavy atom. The Balaban J connectivity index is 1.61. The third kappa shape index (κ3) is 14.8. The fraction of sp³-hybridized carbons (Fsp3) is 0.500. The number of hydrogen-bond acceptors (Lipinski definition) is 9. The van der Waals surface area contributed by atoms with Crippen LogP contribution in [0.25, 0.3) is 0 Å². The second-order valence-electron chi connectivity index (χ2n) is 12.3. The summed E-state index contributed by atoms with van der Waals surface area (Å²) < 4.78 is 10.7. The zero-order valence-corrected chi connectivity index (χ0v) is 29.2. The summed E-state index contributed by atoms with van der Waals surface area (Å²) >= 11 is 0. The lowest BCUT2D eigenvalue weighted by molar-refractivity contribution is -0.132. The van der Waals surface area contributed by atoms with Crippen LogP contribution in [-0.2, 0) is 52.9 Å². The monoisotopic (exact) mass is 709 g/mol. The number of amides is 6. The molecule has 0 saturated carbocycles. The third-order valence-electron chi connectivity index (χ3n) is 8.38. The summed E-state index contributed by atoms with van der Waals surface area (Å²) in [6.07, 6.45) is 4.62. The predicted octanol–water partition coefficient (Wildman–Crippen LogP) is 0.0830. The minimum absolute atomic E-state index is 0.0000760. The molecule has 0 radical (unpaired) electrons. The number of piperidine rings is 1. The van der Waals surface area contributed by atoms with E-state index in [0.717, 1.165) is 18.9 Å². The highest BCUT2D eigenvalue weighted by molar-refractivity contribution is 5.90. The Labute approximate surface area is 298 Å². The van der Waals surface area contributed by atoms with Gasteiger partial charge in [0.1, 0.15) is 17.8 Å². The van der Waals surface area contributed by atoms with Crippen LogP contribution in [0, 0.1) is 5.92 Å². The SMILES string of the molecule is C=CC(=O)NCC[C@H](NC(=O)Cc1ccccc1CNC(=O)[C@H](Cc1ccco1)NC(=O)C[C@H]1CCCN(C(C)=O)C1)C(=O)NCCOCCN. The first-order chi connectivity index (χ1) is 24.6. The van der Waals surface area contributed by atoms with Crippen molar-refractivity contribution in [2.45, 2.75) is 64.1 Å². The Hall–Kier alpha value is -5.02. The van der Waals surface area contributed by atoms with Crippen molar-refractivity contribution >= 4 is 35.4 Å². The van der Waals surface area contributed by atoms with Crippen LogP contribution in [0.4, 0.5) is 0 Å². The Bertz CT molecular complexity index is 1470. The van der Waals surface area contributed by atoms with Crippen LogP contribution >= 0.6 is 0 Å². The molecule has 0 spiro atoms. The van der Waals surface area contributed by atoms with Crippen LogP contribution < -0.4 is 32.3 Å². The lowest BCUT2D eigenvalue weighted by atomic mass is 9.94. The molecular formula is C36H51N7O8. The molecule has 3 atom stereocenters. The standard InChI is InChI=1S/C36H51N7O8/c1-3-32(45)38-14-12-30(35(48)39-15-19-50-18-13-37)41-34(47)21-27-9-4-5-10-28(27)23-40-36(49)31(22-29-11-7-17-51-29)42-33(46)20-26-8-6-16-43(24-26)25(2)44/h3-5,7,9-11,17,26,30-31H,1,6,8,12-16,18-24,37H2,2H3,(H,38,45)(H,39,48)(H,40,49)(H,41,47)(H,42,46)/t26-,30+,31+/m1/s1. The largest absolute Gasteiger partial charge is 0.469 e. The highest BCUT2D eigenvalue weighted by Crippen LogP contribution is 2.20. The van der Waals surface area contributed by atoms with Crippen molar-refractivity contribution in [3.63, 3.8) is 0 Å². The maximum absolute atomic E-state index is 13.5. The molecule has 7 N–H and O–H groups in total. The lowest BCUT2D eigenvalue weighted by Crippen LogP contribution is -2.49. The molecule has 2 heterocycles. The molecule has 15 nitrogen and oxygen atoms in total. The molecule has 51 heavy (non-hydrogen) atoms. The van der Waals surface area contributed by atoms with Gasteiger partial charge in [-0.25, -0.2) is 0 Å². The number of likely N-dealkylation sites (tertiary alicyclic amines) is 1. The average molecular weight is 710 g/mol. The fourth-order valence-electron chi connectivity index (χ4n) is 5.73. The zero-order chi connectivity index (χ0) is 37.0. The van der Waals surface area contributed by atoms with Crippen molar-refractivity contribution in [3.05, 3.63) is 72.2 Å². The first kappa shape index (κ1) is 40.4. The van der Waals surface area contributed by atoms with Crippen molar-refractivity contribution in [3.8, 4) is 0 Å². The number of benzene rings is 1. The van der Waals surface area contributed by atoms with Crippen LogP contribution in [0.15, 0.2) is 59.7 Å². The third-order valence-corrected chi connectivity index (χ3v) is 8.38. The van der Waals surface area contributed by atoms with E-state index in [1.54, 1.807) is 41.3 Å². The first-order valence-corrected chi connectivity index (χ1v) is 17.3.